The number of carbonyl (C=O) groups excluding carboxylic acids is 1. The van der Waals surface area contributed by atoms with Gasteiger partial charge in [0.2, 0.25) is 0 Å². The number of benzene rings is 1. The molecule has 0 bridgehead atoms. The number of hydrogen-bond acceptors (Lipinski definition) is 4. The summed E-state index contributed by atoms with van der Waals surface area (Å²) < 4.78 is 5.43. The molecule has 1 aromatic carbocycles. The maximum Gasteiger partial charge on any atom is 0.410 e. The molecule has 5 heteroatoms. The van der Waals surface area contributed by atoms with E-state index in [2.05, 4.69) is 13.8 Å². The van der Waals surface area contributed by atoms with Gasteiger partial charge in [0.05, 0.1) is 17.7 Å². The summed E-state index contributed by atoms with van der Waals surface area (Å²) in [4.78, 5) is 20.1. The van der Waals surface area contributed by atoms with E-state index in [0.717, 1.165) is 5.56 Å². The van der Waals surface area contributed by atoms with Crippen LogP contribution in [-0.4, -0.2) is 46.8 Å². The first-order chi connectivity index (χ1) is 10.8. The zero-order valence-corrected chi connectivity index (χ0v) is 14.8. The lowest BCUT2D eigenvalue weighted by molar-refractivity contribution is -0.278. The van der Waals surface area contributed by atoms with Gasteiger partial charge in [0, 0.05) is 13.1 Å². The molecule has 0 aromatic heterocycles. The predicted molar refractivity (Wildman–Crippen MR) is 89.8 cm³/mol. The highest BCUT2D eigenvalue weighted by Crippen LogP contribution is 2.22. The Morgan fingerprint density at radius 3 is 2.22 bits per heavy atom. The van der Waals surface area contributed by atoms with Crippen LogP contribution in [0.1, 0.15) is 40.2 Å². The van der Waals surface area contributed by atoms with Crippen LogP contribution >= 0.6 is 0 Å². The standard InChI is InChI=1S/C18H28N2O3/c1-14-11-19(12-15(2)20(14)23-18(3,4)5)17(21)22-13-16-9-7-6-8-10-16/h6-10,14-15H,11-13H2,1-5H3. The molecule has 1 aliphatic heterocycles. The third-order valence-electron chi connectivity index (χ3n) is 3.68. The Morgan fingerprint density at radius 2 is 1.70 bits per heavy atom. The van der Waals surface area contributed by atoms with Gasteiger partial charge >= 0.3 is 6.09 Å². The third-order valence-corrected chi connectivity index (χ3v) is 3.68. The van der Waals surface area contributed by atoms with Crippen LogP contribution in [0.4, 0.5) is 4.79 Å². The molecule has 1 saturated heterocycles. The zero-order chi connectivity index (χ0) is 17.0. The molecule has 0 N–H and O–H groups in total. The smallest absolute Gasteiger partial charge is 0.410 e. The molecule has 2 unspecified atom stereocenters. The molecule has 1 aromatic rings. The summed E-state index contributed by atoms with van der Waals surface area (Å²) in [5.41, 5.74) is 0.759. The summed E-state index contributed by atoms with van der Waals surface area (Å²) in [5.74, 6) is 0. The maximum absolute atomic E-state index is 12.3. The van der Waals surface area contributed by atoms with Crippen LogP contribution in [0.15, 0.2) is 30.3 Å². The van der Waals surface area contributed by atoms with Crippen molar-refractivity contribution in [2.75, 3.05) is 13.1 Å². The number of nitrogens with zero attached hydrogens (tertiary/aromatic N) is 2. The Labute approximate surface area is 139 Å². The molecule has 2 atom stereocenters. The number of rotatable bonds is 3. The van der Waals surface area contributed by atoms with Crippen molar-refractivity contribution in [2.45, 2.75) is 58.9 Å². The normalized spacial score (nSPS) is 22.9. The Morgan fingerprint density at radius 1 is 1.13 bits per heavy atom. The fourth-order valence-electron chi connectivity index (χ4n) is 2.76. The molecule has 1 aliphatic rings. The van der Waals surface area contributed by atoms with Gasteiger partial charge in [0.25, 0.3) is 0 Å². The highest BCUT2D eigenvalue weighted by molar-refractivity contribution is 5.67. The monoisotopic (exact) mass is 320 g/mol. The molecule has 128 valence electrons. The summed E-state index contributed by atoms with van der Waals surface area (Å²) in [7, 11) is 0. The number of hydrogen-bond donors (Lipinski definition) is 0. The van der Waals surface area contributed by atoms with Crippen LogP contribution in [0.25, 0.3) is 0 Å². The number of amides is 1. The average Bonchev–Trinajstić information content (AvgIpc) is 2.48. The first-order valence-corrected chi connectivity index (χ1v) is 8.19. The van der Waals surface area contributed by atoms with Crippen molar-refractivity contribution in [1.29, 1.82) is 0 Å². The topological polar surface area (TPSA) is 42.0 Å². The van der Waals surface area contributed by atoms with Crippen LogP contribution in [0, 0.1) is 0 Å². The minimum atomic E-state index is -0.261. The minimum absolute atomic E-state index is 0.127. The molecule has 1 fully saturated rings. The molecular formula is C18H28N2O3. The lowest BCUT2D eigenvalue weighted by atomic mass is 10.1. The summed E-state index contributed by atoms with van der Waals surface area (Å²) >= 11 is 0. The fourth-order valence-corrected chi connectivity index (χ4v) is 2.76. The number of piperazine rings is 1. The molecule has 2 rings (SSSR count). The fraction of sp³-hybridized carbons (Fsp3) is 0.611. The van der Waals surface area contributed by atoms with Crippen molar-refractivity contribution in [1.82, 2.24) is 9.96 Å². The second kappa shape index (κ2) is 7.32. The second-order valence-corrected chi connectivity index (χ2v) is 7.21. The third kappa shape index (κ3) is 5.22. The van der Waals surface area contributed by atoms with E-state index in [-0.39, 0.29) is 23.8 Å². The van der Waals surface area contributed by atoms with Gasteiger partial charge in [-0.15, -0.1) is 0 Å². The van der Waals surface area contributed by atoms with E-state index in [9.17, 15) is 4.79 Å². The van der Waals surface area contributed by atoms with Crippen molar-refractivity contribution in [3.05, 3.63) is 35.9 Å². The Balaban J connectivity index is 1.89. The number of ether oxygens (including phenoxy) is 1. The van der Waals surface area contributed by atoms with Crippen molar-refractivity contribution in [3.63, 3.8) is 0 Å². The Bertz CT molecular complexity index is 501. The molecule has 23 heavy (non-hydrogen) atoms. The quantitative estimate of drug-likeness (QED) is 0.855. The molecule has 5 nitrogen and oxygen atoms in total. The largest absolute Gasteiger partial charge is 0.445 e. The van der Waals surface area contributed by atoms with E-state index >= 15 is 0 Å². The molecular weight excluding hydrogens is 292 g/mol. The Hall–Kier alpha value is -1.59. The predicted octanol–water partition coefficient (Wildman–Crippen LogP) is 3.45. The van der Waals surface area contributed by atoms with E-state index in [4.69, 9.17) is 9.57 Å². The molecule has 0 aliphatic carbocycles. The van der Waals surface area contributed by atoms with E-state index in [0.29, 0.717) is 19.7 Å². The van der Waals surface area contributed by atoms with Crippen LogP contribution in [0.5, 0.6) is 0 Å². The van der Waals surface area contributed by atoms with E-state index < -0.39 is 0 Å². The zero-order valence-electron chi connectivity index (χ0n) is 14.8. The first-order valence-electron chi connectivity index (χ1n) is 8.19. The summed E-state index contributed by atoms with van der Waals surface area (Å²) in [6, 6.07) is 9.99. The SMILES string of the molecule is CC1CN(C(=O)OCc2ccccc2)CC(C)N1OC(C)(C)C. The molecule has 1 heterocycles. The van der Waals surface area contributed by atoms with Gasteiger partial charge in [-0.1, -0.05) is 30.3 Å². The van der Waals surface area contributed by atoms with Gasteiger partial charge in [-0.25, -0.2) is 4.79 Å². The first kappa shape index (κ1) is 17.8. The summed E-state index contributed by atoms with van der Waals surface area (Å²) in [5, 5.41) is 2.00. The maximum atomic E-state index is 12.3. The van der Waals surface area contributed by atoms with Crippen LogP contribution in [-0.2, 0) is 16.2 Å². The van der Waals surface area contributed by atoms with Crippen molar-refractivity contribution in [2.24, 2.45) is 0 Å². The van der Waals surface area contributed by atoms with E-state index in [1.165, 1.54) is 0 Å². The summed E-state index contributed by atoms with van der Waals surface area (Å²) in [6.07, 6.45) is -0.261. The second-order valence-electron chi connectivity index (χ2n) is 7.21. The van der Waals surface area contributed by atoms with Crippen LogP contribution < -0.4 is 0 Å². The highest BCUT2D eigenvalue weighted by Gasteiger charge is 2.35. The summed E-state index contributed by atoms with van der Waals surface area (Å²) in [6.45, 7) is 11.8. The average molecular weight is 320 g/mol. The lowest BCUT2D eigenvalue weighted by Gasteiger charge is -2.45. The van der Waals surface area contributed by atoms with Crippen molar-refractivity contribution >= 4 is 6.09 Å². The highest BCUT2D eigenvalue weighted by atomic mass is 16.7. The number of carbonyl (C=O) groups is 1. The van der Waals surface area contributed by atoms with Gasteiger partial charge in [0.15, 0.2) is 0 Å². The molecule has 0 spiro atoms. The van der Waals surface area contributed by atoms with E-state index in [1.54, 1.807) is 4.90 Å². The minimum Gasteiger partial charge on any atom is -0.445 e. The van der Waals surface area contributed by atoms with Gasteiger partial charge in [-0.2, -0.15) is 5.06 Å². The van der Waals surface area contributed by atoms with Crippen molar-refractivity contribution in [3.8, 4) is 0 Å². The Kier molecular flexibility index (Phi) is 5.65. The van der Waals surface area contributed by atoms with Crippen LogP contribution in [0.2, 0.25) is 0 Å². The lowest BCUT2D eigenvalue weighted by Crippen LogP contribution is -2.59. The van der Waals surface area contributed by atoms with Crippen molar-refractivity contribution < 1.29 is 14.4 Å². The van der Waals surface area contributed by atoms with Gasteiger partial charge in [0.1, 0.15) is 6.61 Å². The molecule has 0 radical (unpaired) electrons. The number of hydroxylamine groups is 2. The molecule has 0 saturated carbocycles. The molecule has 1 amide bonds. The van der Waals surface area contributed by atoms with E-state index in [1.807, 2.05) is 56.2 Å². The van der Waals surface area contributed by atoms with Gasteiger partial charge in [-0.3, -0.25) is 4.84 Å². The van der Waals surface area contributed by atoms with Gasteiger partial charge in [-0.05, 0) is 40.2 Å². The van der Waals surface area contributed by atoms with Gasteiger partial charge < -0.3 is 9.64 Å². The van der Waals surface area contributed by atoms with Crippen LogP contribution in [0.3, 0.4) is 0 Å².